The van der Waals surface area contributed by atoms with Crippen molar-refractivity contribution in [2.45, 2.75) is 58.5 Å². The molecule has 0 N–H and O–H groups in total. The Balaban J connectivity index is 1.68. The van der Waals surface area contributed by atoms with Gasteiger partial charge < -0.3 is 9.47 Å². The Bertz CT molecular complexity index is 1040. The molecular weight excluding hydrogens is 412 g/mol. The van der Waals surface area contributed by atoms with E-state index < -0.39 is 0 Å². The van der Waals surface area contributed by atoms with Crippen LogP contribution in [0.15, 0.2) is 48.9 Å². The first-order chi connectivity index (χ1) is 16.2. The Morgan fingerprint density at radius 2 is 1.91 bits per heavy atom. The van der Waals surface area contributed by atoms with E-state index in [4.69, 9.17) is 14.5 Å². The maximum atomic E-state index is 5.82. The first-order valence-electron chi connectivity index (χ1n) is 12.0. The molecule has 1 aromatic carbocycles. The van der Waals surface area contributed by atoms with Crippen molar-refractivity contribution in [3.05, 3.63) is 66.0 Å². The summed E-state index contributed by atoms with van der Waals surface area (Å²) >= 11 is 0. The third-order valence-corrected chi connectivity index (χ3v) is 6.18. The molecule has 0 radical (unpaired) electrons. The van der Waals surface area contributed by atoms with Gasteiger partial charge in [-0.15, -0.1) is 0 Å². The molecule has 4 rings (SSSR count). The van der Waals surface area contributed by atoms with E-state index in [0.29, 0.717) is 6.61 Å². The Morgan fingerprint density at radius 1 is 1.06 bits per heavy atom. The summed E-state index contributed by atoms with van der Waals surface area (Å²) < 4.78 is 11.3. The maximum Gasteiger partial charge on any atom is 0.161 e. The third-order valence-electron chi connectivity index (χ3n) is 6.18. The summed E-state index contributed by atoms with van der Waals surface area (Å²) in [5.74, 6) is 2.51. The molecule has 2 aromatic heterocycles. The van der Waals surface area contributed by atoms with Gasteiger partial charge in [-0.1, -0.05) is 19.4 Å². The zero-order valence-corrected chi connectivity index (χ0v) is 20.0. The number of ether oxygens (including phenoxy) is 2. The monoisotopic (exact) mass is 446 g/mol. The molecule has 0 amide bonds. The van der Waals surface area contributed by atoms with E-state index in [9.17, 15) is 0 Å². The number of piperidine rings is 1. The van der Waals surface area contributed by atoms with Gasteiger partial charge in [-0.05, 0) is 68.1 Å². The van der Waals surface area contributed by atoms with Gasteiger partial charge in [0.25, 0.3) is 0 Å². The fourth-order valence-electron chi connectivity index (χ4n) is 4.60. The second-order valence-corrected chi connectivity index (χ2v) is 8.47. The van der Waals surface area contributed by atoms with Crippen LogP contribution in [0.2, 0.25) is 0 Å². The van der Waals surface area contributed by atoms with Crippen LogP contribution in [0.1, 0.15) is 62.7 Å². The first kappa shape index (κ1) is 23.2. The van der Waals surface area contributed by atoms with Gasteiger partial charge >= 0.3 is 0 Å². The minimum absolute atomic E-state index is 0.248. The zero-order chi connectivity index (χ0) is 23.0. The highest BCUT2D eigenvalue weighted by molar-refractivity contribution is 5.65. The Morgan fingerprint density at radius 3 is 2.67 bits per heavy atom. The summed E-state index contributed by atoms with van der Waals surface area (Å²) in [6, 6.07) is 10.6. The molecule has 0 unspecified atom stereocenters. The summed E-state index contributed by atoms with van der Waals surface area (Å²) in [5.41, 5.74) is 4.59. The fraction of sp³-hybridized carbons (Fsp3) is 0.444. The number of aryl methyl sites for hydroxylation is 1. The molecule has 6 nitrogen and oxygen atoms in total. The molecule has 0 saturated carbocycles. The molecule has 6 heteroatoms. The summed E-state index contributed by atoms with van der Waals surface area (Å²) in [5, 5.41) is 0. The minimum atomic E-state index is 0.248. The van der Waals surface area contributed by atoms with Crippen LogP contribution in [-0.4, -0.2) is 40.1 Å². The predicted molar refractivity (Wildman–Crippen MR) is 130 cm³/mol. The van der Waals surface area contributed by atoms with Crippen LogP contribution in [0.3, 0.4) is 0 Å². The van der Waals surface area contributed by atoms with Gasteiger partial charge in [0.1, 0.15) is 5.82 Å². The van der Waals surface area contributed by atoms with Crippen molar-refractivity contribution in [2.75, 3.05) is 20.3 Å². The third kappa shape index (κ3) is 5.50. The molecule has 3 aromatic rings. The van der Waals surface area contributed by atoms with Crippen molar-refractivity contribution in [3.63, 3.8) is 0 Å². The average Bonchev–Trinajstić information content (AvgIpc) is 2.86. The number of hydrogen-bond donors (Lipinski definition) is 0. The minimum Gasteiger partial charge on any atom is -0.493 e. The van der Waals surface area contributed by atoms with Gasteiger partial charge in [0.05, 0.1) is 25.5 Å². The highest BCUT2D eigenvalue weighted by Crippen LogP contribution is 2.37. The van der Waals surface area contributed by atoms with Crippen LogP contribution in [-0.2, 0) is 13.0 Å². The molecule has 33 heavy (non-hydrogen) atoms. The van der Waals surface area contributed by atoms with Gasteiger partial charge in [-0.25, -0.2) is 9.97 Å². The summed E-state index contributed by atoms with van der Waals surface area (Å²) in [6.45, 7) is 6.67. The van der Waals surface area contributed by atoms with Gasteiger partial charge in [-0.2, -0.15) is 0 Å². The summed E-state index contributed by atoms with van der Waals surface area (Å²) in [6.07, 6.45) is 11.1. The molecule has 0 bridgehead atoms. The van der Waals surface area contributed by atoms with Crippen LogP contribution in [0.4, 0.5) is 0 Å². The molecule has 3 heterocycles. The molecule has 0 aliphatic carbocycles. The Labute approximate surface area is 197 Å². The van der Waals surface area contributed by atoms with Crippen molar-refractivity contribution in [2.24, 2.45) is 0 Å². The Kier molecular flexibility index (Phi) is 7.89. The number of likely N-dealkylation sites (tertiary alicyclic amines) is 1. The molecule has 174 valence electrons. The van der Waals surface area contributed by atoms with E-state index in [2.05, 4.69) is 33.9 Å². The molecule has 1 aliphatic heterocycles. The van der Waals surface area contributed by atoms with Crippen LogP contribution >= 0.6 is 0 Å². The lowest BCUT2D eigenvalue weighted by molar-refractivity contribution is 0.137. The number of benzene rings is 1. The van der Waals surface area contributed by atoms with Gasteiger partial charge in [-0.3, -0.25) is 9.88 Å². The van der Waals surface area contributed by atoms with Crippen molar-refractivity contribution in [1.82, 2.24) is 19.9 Å². The maximum absolute atomic E-state index is 5.82. The highest BCUT2D eigenvalue weighted by atomic mass is 16.5. The number of nitrogens with zero attached hydrogens (tertiary/aromatic N) is 4. The lowest BCUT2D eigenvalue weighted by atomic mass is 9.93. The van der Waals surface area contributed by atoms with Gasteiger partial charge in [0.2, 0.25) is 0 Å². The summed E-state index contributed by atoms with van der Waals surface area (Å²) in [4.78, 5) is 16.5. The SMILES string of the molecule is CCCc1ncc(-c2ccncc2)c([C@@H]2CCCCN2Cc2ccc(OC)c(OCC)c2)n1. The fourth-order valence-corrected chi connectivity index (χ4v) is 4.60. The molecule has 1 atom stereocenters. The number of hydrogen-bond acceptors (Lipinski definition) is 6. The normalized spacial score (nSPS) is 16.5. The second-order valence-electron chi connectivity index (χ2n) is 8.47. The lowest BCUT2D eigenvalue weighted by Gasteiger charge is -2.36. The van der Waals surface area contributed by atoms with Crippen molar-refractivity contribution >= 4 is 0 Å². The van der Waals surface area contributed by atoms with Crippen LogP contribution in [0.25, 0.3) is 11.1 Å². The topological polar surface area (TPSA) is 60.4 Å². The van der Waals surface area contributed by atoms with Gasteiger partial charge in [0, 0.05) is 37.1 Å². The van der Waals surface area contributed by atoms with E-state index in [1.54, 1.807) is 7.11 Å². The number of rotatable bonds is 9. The van der Waals surface area contributed by atoms with E-state index in [1.165, 1.54) is 18.4 Å². The zero-order valence-electron chi connectivity index (χ0n) is 20.0. The molecule has 1 aliphatic rings. The highest BCUT2D eigenvalue weighted by Gasteiger charge is 2.28. The van der Waals surface area contributed by atoms with Crippen molar-refractivity contribution < 1.29 is 9.47 Å². The number of aromatic nitrogens is 3. The smallest absolute Gasteiger partial charge is 0.161 e. The molecule has 0 spiro atoms. The molecule has 1 fully saturated rings. The van der Waals surface area contributed by atoms with Crippen LogP contribution in [0.5, 0.6) is 11.5 Å². The van der Waals surface area contributed by atoms with Crippen molar-refractivity contribution in [3.8, 4) is 22.6 Å². The van der Waals surface area contributed by atoms with E-state index in [1.807, 2.05) is 43.7 Å². The molecule has 1 saturated heterocycles. The Hall–Kier alpha value is -2.99. The number of methoxy groups -OCH3 is 1. The van der Waals surface area contributed by atoms with E-state index in [0.717, 1.165) is 66.5 Å². The first-order valence-corrected chi connectivity index (χ1v) is 12.0. The van der Waals surface area contributed by atoms with Crippen molar-refractivity contribution in [1.29, 1.82) is 0 Å². The van der Waals surface area contributed by atoms with Crippen LogP contribution in [0, 0.1) is 0 Å². The summed E-state index contributed by atoms with van der Waals surface area (Å²) in [7, 11) is 1.68. The number of pyridine rings is 1. The van der Waals surface area contributed by atoms with Crippen LogP contribution < -0.4 is 9.47 Å². The predicted octanol–water partition coefficient (Wildman–Crippen LogP) is 5.63. The second kappa shape index (κ2) is 11.2. The quantitative estimate of drug-likeness (QED) is 0.425. The standard InChI is InChI=1S/C27H34N4O2/c1-4-8-26-29-18-22(21-12-14-28-15-13-21)27(30-26)23-9-6-7-16-31(23)19-20-10-11-24(32-3)25(17-20)33-5-2/h10-15,17-18,23H,4-9,16,19H2,1-3H3/t23-/m0/s1. The largest absolute Gasteiger partial charge is 0.493 e. The van der Waals surface area contributed by atoms with E-state index >= 15 is 0 Å². The lowest BCUT2D eigenvalue weighted by Crippen LogP contribution is -2.34. The van der Waals surface area contributed by atoms with Gasteiger partial charge in [0.15, 0.2) is 11.5 Å². The molecular formula is C27H34N4O2. The average molecular weight is 447 g/mol. The van der Waals surface area contributed by atoms with E-state index in [-0.39, 0.29) is 6.04 Å².